The van der Waals surface area contributed by atoms with Crippen molar-refractivity contribution in [2.75, 3.05) is 19.4 Å². The molecule has 0 aliphatic carbocycles. The Bertz CT molecular complexity index is 314. The van der Waals surface area contributed by atoms with Crippen molar-refractivity contribution in [3.8, 4) is 0 Å². The lowest BCUT2D eigenvalue weighted by atomic mass is 9.97. The maximum absolute atomic E-state index is 11.2. The smallest absolute Gasteiger partial charge is 0.328 e. The van der Waals surface area contributed by atoms with Gasteiger partial charge in [-0.1, -0.05) is 0 Å². The van der Waals surface area contributed by atoms with E-state index in [2.05, 4.69) is 4.90 Å². The van der Waals surface area contributed by atoms with Crippen molar-refractivity contribution in [3.05, 3.63) is 0 Å². The van der Waals surface area contributed by atoms with Crippen molar-refractivity contribution < 1.29 is 39.5 Å². The predicted molar refractivity (Wildman–Crippen MR) is 50.7 cm³/mol. The number of hydrogen-bond acceptors (Lipinski definition) is 7. The Hall–Kier alpha value is -0.0500. The van der Waals surface area contributed by atoms with Crippen LogP contribution in [0.4, 0.5) is 0 Å². The summed E-state index contributed by atoms with van der Waals surface area (Å²) < 4.78 is 22.7. The second-order valence-corrected chi connectivity index (χ2v) is 5.38. The zero-order valence-corrected chi connectivity index (χ0v) is 9.16. The maximum atomic E-state index is 11.2. The molecule has 96 valence electrons. The Balaban J connectivity index is 2.94. The second-order valence-electron chi connectivity index (χ2n) is 3.79. The molecule has 1 rings (SSSR count). The van der Waals surface area contributed by atoms with Crippen LogP contribution in [-0.2, 0) is 9.30 Å². The lowest BCUT2D eigenvalue weighted by Crippen LogP contribution is -2.49. The highest BCUT2D eigenvalue weighted by molar-refractivity contribution is 7.51. The van der Waals surface area contributed by atoms with E-state index in [1.54, 1.807) is 0 Å². The average molecular weight is 259 g/mol. The van der Waals surface area contributed by atoms with E-state index in [0.29, 0.717) is 0 Å². The Morgan fingerprint density at radius 3 is 2.44 bits per heavy atom. The van der Waals surface area contributed by atoms with Gasteiger partial charge in [-0.05, 0) is 0 Å². The second kappa shape index (κ2) is 4.67. The maximum Gasteiger partial charge on any atom is 0.328 e. The largest absolute Gasteiger partial charge is 0.394 e. The minimum absolute atomic E-state index is 0.628. The van der Waals surface area contributed by atoms with Crippen LogP contribution in [0.5, 0.6) is 0 Å². The lowest BCUT2D eigenvalue weighted by molar-refractivity contribution is -0.106. The van der Waals surface area contributed by atoms with Gasteiger partial charge in [-0.2, -0.15) is 0 Å². The summed E-state index contributed by atoms with van der Waals surface area (Å²) in [6, 6.07) is 0. The van der Waals surface area contributed by atoms with Gasteiger partial charge in [0.1, 0.15) is 23.9 Å². The molecular formula is C7H15O8P. The van der Waals surface area contributed by atoms with Gasteiger partial charge in [0.25, 0.3) is 0 Å². The van der Waals surface area contributed by atoms with Crippen LogP contribution in [0, 0.1) is 0 Å². The van der Waals surface area contributed by atoms with Crippen molar-refractivity contribution in [2.45, 2.75) is 23.9 Å². The van der Waals surface area contributed by atoms with Crippen LogP contribution >= 0.6 is 7.60 Å². The molecule has 6 N–H and O–H groups in total. The Kier molecular flexibility index (Phi) is 3.62. The molecule has 1 unspecified atom stereocenters. The third-order valence-corrected chi connectivity index (χ3v) is 3.48. The highest BCUT2D eigenvalue weighted by Crippen LogP contribution is 2.44. The van der Waals surface area contributed by atoms with Crippen molar-refractivity contribution >= 4 is 7.60 Å². The molecule has 0 radical (unpaired) electrons. The van der Waals surface area contributed by atoms with Crippen LogP contribution in [0.1, 0.15) is 0 Å². The Labute approximate surface area is 92.8 Å². The first-order valence-corrected chi connectivity index (χ1v) is 6.30. The number of hydrogen-bond donors (Lipinski definition) is 6. The minimum Gasteiger partial charge on any atom is -0.394 e. The third kappa shape index (κ3) is 2.61. The van der Waals surface area contributed by atoms with Crippen LogP contribution in [0.25, 0.3) is 0 Å². The third-order valence-electron chi connectivity index (χ3n) is 2.54. The van der Waals surface area contributed by atoms with Crippen LogP contribution < -0.4 is 0 Å². The van der Waals surface area contributed by atoms with E-state index in [1.807, 2.05) is 0 Å². The van der Waals surface area contributed by atoms with E-state index < -0.39 is 50.9 Å². The quantitative estimate of drug-likeness (QED) is 0.286. The fourth-order valence-electron chi connectivity index (χ4n) is 1.75. The molecule has 0 saturated carbocycles. The monoisotopic (exact) mass is 259 g/mol. The topological polar surface area (TPSA) is 148 Å². The average Bonchev–Trinajstić information content (AvgIpc) is 2.54. The van der Waals surface area contributed by atoms with Gasteiger partial charge in [0.2, 0.25) is 1.43 Å². The number of aliphatic hydroxyl groups is 4. The molecule has 0 aromatic carbocycles. The van der Waals surface area contributed by atoms with Gasteiger partial charge in [0, 0.05) is 0 Å². The van der Waals surface area contributed by atoms with Gasteiger partial charge in [-0.3, -0.25) is 4.57 Å². The van der Waals surface area contributed by atoms with Gasteiger partial charge >= 0.3 is 7.60 Å². The summed E-state index contributed by atoms with van der Waals surface area (Å²) >= 11 is 0. The molecule has 1 aliphatic heterocycles. The summed E-state index contributed by atoms with van der Waals surface area (Å²) in [7, 11) is -4.38. The van der Waals surface area contributed by atoms with Gasteiger partial charge in [0.05, 0.1) is 19.4 Å². The van der Waals surface area contributed by atoms with Gasteiger partial charge in [0.15, 0.2) is 0 Å². The normalized spacial score (nSPS) is 44.1. The number of rotatable bonds is 5. The van der Waals surface area contributed by atoms with Crippen LogP contribution in [0.15, 0.2) is 0 Å². The molecule has 0 spiro atoms. The molecule has 0 bridgehead atoms. The molecule has 1 fully saturated rings. The molecule has 0 aromatic rings. The summed E-state index contributed by atoms with van der Waals surface area (Å²) in [5.74, 6) is 0. The summed E-state index contributed by atoms with van der Waals surface area (Å²) in [4.78, 5) is 12.7. The van der Waals surface area contributed by atoms with E-state index >= 15 is 0 Å². The molecule has 8 nitrogen and oxygen atoms in total. The fraction of sp³-hybridized carbons (Fsp3) is 1.00. The van der Waals surface area contributed by atoms with Crippen molar-refractivity contribution in [2.24, 2.45) is 0 Å². The van der Waals surface area contributed by atoms with E-state index in [4.69, 9.17) is 21.3 Å². The Morgan fingerprint density at radius 2 is 2.06 bits per heavy atom. The van der Waals surface area contributed by atoms with Gasteiger partial charge < -0.3 is 35.0 Å². The molecular weight excluding hydrogens is 243 g/mol. The SMILES string of the molecule is [2H]OP(=O)(O)C[C@@]1(CO)O[C@H](CO)[C@@H](O)[C@@H]1O. The van der Waals surface area contributed by atoms with Crippen molar-refractivity contribution in [3.63, 3.8) is 0 Å². The van der Waals surface area contributed by atoms with Crippen molar-refractivity contribution in [1.82, 2.24) is 0 Å². The summed E-state index contributed by atoms with van der Waals surface area (Å²) in [5.41, 5.74) is -1.93. The highest BCUT2D eigenvalue weighted by atomic mass is 31.2. The molecule has 9 heteroatoms. The van der Waals surface area contributed by atoms with Gasteiger partial charge in [-0.15, -0.1) is 0 Å². The van der Waals surface area contributed by atoms with Gasteiger partial charge in [-0.25, -0.2) is 0 Å². The molecule has 1 heterocycles. The summed E-state index contributed by atoms with van der Waals surface area (Å²) in [5, 5.41) is 37.2. The predicted octanol–water partition coefficient (Wildman–Crippen LogP) is -2.99. The van der Waals surface area contributed by atoms with Crippen molar-refractivity contribution in [1.29, 1.82) is 1.43 Å². The molecule has 0 aromatic heterocycles. The van der Waals surface area contributed by atoms with E-state index in [1.165, 1.54) is 0 Å². The first-order chi connectivity index (χ1) is 7.82. The molecule has 1 saturated heterocycles. The van der Waals surface area contributed by atoms with E-state index in [0.717, 1.165) is 0 Å². The minimum atomic E-state index is -4.38. The molecule has 16 heavy (non-hydrogen) atoms. The Morgan fingerprint density at radius 1 is 1.44 bits per heavy atom. The number of ether oxygens (including phenoxy) is 1. The molecule has 5 atom stereocenters. The molecule has 1 aliphatic rings. The fourth-order valence-corrected chi connectivity index (χ4v) is 2.79. The van der Waals surface area contributed by atoms with E-state index in [9.17, 15) is 14.8 Å². The highest BCUT2D eigenvalue weighted by Gasteiger charge is 2.56. The lowest BCUT2D eigenvalue weighted by Gasteiger charge is -2.30. The molecule has 0 amide bonds. The first-order valence-electron chi connectivity index (χ1n) is 4.95. The first kappa shape index (κ1) is 12.4. The summed E-state index contributed by atoms with van der Waals surface area (Å²) in [6.45, 7) is -1.49. The van der Waals surface area contributed by atoms with E-state index in [-0.39, 0.29) is 0 Å². The number of aliphatic hydroxyl groups excluding tert-OH is 4. The van der Waals surface area contributed by atoms with Crippen LogP contribution in [-0.4, -0.2) is 74.9 Å². The zero-order chi connectivity index (χ0) is 13.3. The standard InChI is InChI=1S/C7H15O8P/c8-1-4-5(10)6(11)7(2-9,15-4)3-16(12,13)14/h4-6,8-11H,1-3H2,(H2,12,13,14)/t4-,5-,6+,7-/m1/s1/i/hD. The zero-order valence-electron chi connectivity index (χ0n) is 9.26. The van der Waals surface area contributed by atoms with Crippen LogP contribution in [0.3, 0.4) is 0 Å². The van der Waals surface area contributed by atoms with Crippen LogP contribution in [0.2, 0.25) is 0 Å². The summed E-state index contributed by atoms with van der Waals surface area (Å²) in [6.07, 6.45) is -5.21.